The van der Waals surface area contributed by atoms with Crippen molar-refractivity contribution < 1.29 is 4.74 Å². The third-order valence-corrected chi connectivity index (χ3v) is 2.36. The van der Waals surface area contributed by atoms with Crippen LogP contribution in [0.1, 0.15) is 18.2 Å². The summed E-state index contributed by atoms with van der Waals surface area (Å²) in [4.78, 5) is 8.21. The molecule has 1 aromatic rings. The highest BCUT2D eigenvalue weighted by Crippen LogP contribution is 2.24. The van der Waals surface area contributed by atoms with E-state index in [0.717, 1.165) is 13.0 Å². The average molecular weight is 219 g/mol. The molecule has 13 heavy (non-hydrogen) atoms. The quantitative estimate of drug-likeness (QED) is 0.679. The molecule has 1 aromatic heterocycles. The Morgan fingerprint density at radius 2 is 2.00 bits per heavy atom. The van der Waals surface area contributed by atoms with Gasteiger partial charge < -0.3 is 4.74 Å². The van der Waals surface area contributed by atoms with Gasteiger partial charge in [-0.1, -0.05) is 23.2 Å². The van der Waals surface area contributed by atoms with Crippen molar-refractivity contribution in [2.75, 3.05) is 13.2 Å². The highest BCUT2D eigenvalue weighted by Gasteiger charge is 2.21. The van der Waals surface area contributed by atoms with Gasteiger partial charge in [-0.15, -0.1) is 0 Å². The first-order valence-electron chi connectivity index (χ1n) is 4.03. The van der Waals surface area contributed by atoms with Gasteiger partial charge in [-0.3, -0.25) is 0 Å². The number of hydrogen-bond donors (Lipinski definition) is 0. The third kappa shape index (κ3) is 2.10. The van der Waals surface area contributed by atoms with E-state index in [1.54, 1.807) is 0 Å². The summed E-state index contributed by atoms with van der Waals surface area (Å²) in [6.07, 6.45) is 0.941. The minimum absolute atomic E-state index is 0.246. The van der Waals surface area contributed by atoms with E-state index in [1.165, 1.54) is 6.07 Å². The van der Waals surface area contributed by atoms with E-state index in [9.17, 15) is 0 Å². The zero-order valence-corrected chi connectivity index (χ0v) is 8.35. The second-order valence-corrected chi connectivity index (χ2v) is 3.71. The smallest absolute Gasteiger partial charge is 0.137 e. The van der Waals surface area contributed by atoms with Crippen LogP contribution in [0.25, 0.3) is 0 Å². The molecule has 0 saturated carbocycles. The second kappa shape index (κ2) is 3.78. The van der Waals surface area contributed by atoms with Crippen molar-refractivity contribution >= 4 is 23.2 Å². The largest absolute Gasteiger partial charge is 0.381 e. The minimum atomic E-state index is 0.246. The van der Waals surface area contributed by atoms with Gasteiger partial charge in [0.2, 0.25) is 0 Å². The van der Waals surface area contributed by atoms with E-state index in [0.29, 0.717) is 22.7 Å². The second-order valence-electron chi connectivity index (χ2n) is 2.93. The van der Waals surface area contributed by atoms with Crippen LogP contribution in [0.2, 0.25) is 10.3 Å². The SMILES string of the molecule is Clc1cc(Cl)nc(C2CCOC2)n1. The van der Waals surface area contributed by atoms with Gasteiger partial charge in [0, 0.05) is 18.6 Å². The first kappa shape index (κ1) is 9.19. The van der Waals surface area contributed by atoms with Gasteiger partial charge in [0.15, 0.2) is 0 Å². The van der Waals surface area contributed by atoms with Gasteiger partial charge in [0.25, 0.3) is 0 Å². The van der Waals surface area contributed by atoms with Crippen LogP contribution in [0.4, 0.5) is 0 Å². The molecule has 0 spiro atoms. The van der Waals surface area contributed by atoms with Gasteiger partial charge in [0.1, 0.15) is 16.1 Å². The lowest BCUT2D eigenvalue weighted by atomic mass is 10.1. The summed E-state index contributed by atoms with van der Waals surface area (Å²) in [7, 11) is 0. The topological polar surface area (TPSA) is 35.0 Å². The number of nitrogens with zero attached hydrogens (tertiary/aromatic N) is 2. The van der Waals surface area contributed by atoms with Crippen molar-refractivity contribution in [2.24, 2.45) is 0 Å². The molecule has 0 N–H and O–H groups in total. The molecule has 0 bridgehead atoms. The summed E-state index contributed by atoms with van der Waals surface area (Å²) in [6, 6.07) is 1.53. The van der Waals surface area contributed by atoms with E-state index in [1.807, 2.05) is 0 Å². The van der Waals surface area contributed by atoms with Crippen LogP contribution >= 0.6 is 23.2 Å². The Hall–Kier alpha value is -0.380. The Kier molecular flexibility index (Phi) is 2.67. The average Bonchev–Trinajstić information content (AvgIpc) is 2.53. The van der Waals surface area contributed by atoms with Crippen molar-refractivity contribution in [1.82, 2.24) is 9.97 Å². The summed E-state index contributed by atoms with van der Waals surface area (Å²) in [5.41, 5.74) is 0. The molecule has 1 atom stereocenters. The van der Waals surface area contributed by atoms with Crippen LogP contribution in [0.15, 0.2) is 6.07 Å². The predicted molar refractivity (Wildman–Crippen MR) is 50.2 cm³/mol. The third-order valence-electron chi connectivity index (χ3n) is 1.98. The maximum Gasteiger partial charge on any atom is 0.137 e. The van der Waals surface area contributed by atoms with Crippen molar-refractivity contribution in [3.8, 4) is 0 Å². The number of hydrogen-bond acceptors (Lipinski definition) is 3. The molecule has 1 unspecified atom stereocenters. The lowest BCUT2D eigenvalue weighted by Gasteiger charge is -2.05. The predicted octanol–water partition coefficient (Wildman–Crippen LogP) is 2.29. The van der Waals surface area contributed by atoms with E-state index in [-0.39, 0.29) is 5.92 Å². The molecule has 70 valence electrons. The lowest BCUT2D eigenvalue weighted by molar-refractivity contribution is 0.193. The van der Waals surface area contributed by atoms with Gasteiger partial charge in [-0.2, -0.15) is 0 Å². The molecule has 1 fully saturated rings. The molecule has 2 heterocycles. The Labute approximate surface area is 86.0 Å². The van der Waals surface area contributed by atoms with Gasteiger partial charge in [0.05, 0.1) is 6.61 Å². The van der Waals surface area contributed by atoms with Crippen LogP contribution in [-0.4, -0.2) is 23.2 Å². The molecule has 0 radical (unpaired) electrons. The van der Waals surface area contributed by atoms with Gasteiger partial charge in [-0.05, 0) is 6.42 Å². The van der Waals surface area contributed by atoms with Gasteiger partial charge in [-0.25, -0.2) is 9.97 Å². The number of halogens is 2. The molecule has 0 amide bonds. The number of aromatic nitrogens is 2. The molecular weight excluding hydrogens is 211 g/mol. The van der Waals surface area contributed by atoms with Crippen LogP contribution in [0.5, 0.6) is 0 Å². The fourth-order valence-corrected chi connectivity index (χ4v) is 1.76. The molecule has 3 nitrogen and oxygen atoms in total. The summed E-state index contributed by atoms with van der Waals surface area (Å²) in [5, 5.41) is 0.781. The van der Waals surface area contributed by atoms with Crippen molar-refractivity contribution in [3.63, 3.8) is 0 Å². The Morgan fingerprint density at radius 1 is 1.31 bits per heavy atom. The summed E-state index contributed by atoms with van der Waals surface area (Å²) in [5.74, 6) is 0.936. The first-order valence-corrected chi connectivity index (χ1v) is 4.79. The molecule has 0 aliphatic carbocycles. The first-order chi connectivity index (χ1) is 6.25. The molecule has 1 aliphatic rings. The van der Waals surface area contributed by atoms with E-state index in [4.69, 9.17) is 27.9 Å². The van der Waals surface area contributed by atoms with Crippen molar-refractivity contribution in [2.45, 2.75) is 12.3 Å². The molecule has 2 rings (SSSR count). The van der Waals surface area contributed by atoms with Gasteiger partial charge >= 0.3 is 0 Å². The maximum absolute atomic E-state index is 5.75. The fourth-order valence-electron chi connectivity index (χ4n) is 1.33. The standard InChI is InChI=1S/C8H8Cl2N2O/c9-6-3-7(10)12-8(11-6)5-1-2-13-4-5/h3,5H,1-2,4H2. The Balaban J connectivity index is 2.28. The fraction of sp³-hybridized carbons (Fsp3) is 0.500. The maximum atomic E-state index is 5.75. The van der Waals surface area contributed by atoms with Crippen LogP contribution < -0.4 is 0 Å². The Morgan fingerprint density at radius 3 is 2.54 bits per heavy atom. The molecule has 0 aromatic carbocycles. The zero-order chi connectivity index (χ0) is 9.26. The summed E-state index contributed by atoms with van der Waals surface area (Å²) >= 11 is 11.5. The summed E-state index contributed by atoms with van der Waals surface area (Å²) in [6.45, 7) is 1.43. The van der Waals surface area contributed by atoms with Crippen LogP contribution in [0.3, 0.4) is 0 Å². The molecule has 1 saturated heterocycles. The van der Waals surface area contributed by atoms with Crippen molar-refractivity contribution in [1.29, 1.82) is 0 Å². The summed E-state index contributed by atoms with van der Waals surface area (Å²) < 4.78 is 5.23. The van der Waals surface area contributed by atoms with E-state index >= 15 is 0 Å². The molecule has 1 aliphatic heterocycles. The number of ether oxygens (including phenoxy) is 1. The lowest BCUT2D eigenvalue weighted by Crippen LogP contribution is -2.04. The highest BCUT2D eigenvalue weighted by molar-refractivity contribution is 6.33. The highest BCUT2D eigenvalue weighted by atomic mass is 35.5. The molecular formula is C8H8Cl2N2O. The van der Waals surface area contributed by atoms with Crippen molar-refractivity contribution in [3.05, 3.63) is 22.2 Å². The number of rotatable bonds is 1. The minimum Gasteiger partial charge on any atom is -0.381 e. The van der Waals surface area contributed by atoms with Crippen LogP contribution in [-0.2, 0) is 4.74 Å². The van der Waals surface area contributed by atoms with E-state index in [2.05, 4.69) is 9.97 Å². The van der Waals surface area contributed by atoms with E-state index < -0.39 is 0 Å². The Bertz CT molecular complexity index is 293. The molecule has 5 heteroatoms. The van der Waals surface area contributed by atoms with Crippen LogP contribution in [0, 0.1) is 0 Å². The normalized spacial score (nSPS) is 22.2. The monoisotopic (exact) mass is 218 g/mol. The zero-order valence-electron chi connectivity index (χ0n) is 6.83.